The Morgan fingerprint density at radius 1 is 1.36 bits per heavy atom. The van der Waals surface area contributed by atoms with Gasteiger partial charge in [-0.2, -0.15) is 0 Å². The summed E-state index contributed by atoms with van der Waals surface area (Å²) in [6, 6.07) is 5.29. The first kappa shape index (κ1) is 11.8. The fourth-order valence-corrected chi connectivity index (χ4v) is 1.72. The van der Waals surface area contributed by atoms with E-state index in [1.165, 1.54) is 0 Å². The minimum atomic E-state index is -0.0568. The molecule has 0 aromatic heterocycles. The lowest BCUT2D eigenvalue weighted by Gasteiger charge is -2.11. The van der Waals surface area contributed by atoms with E-state index in [0.29, 0.717) is 22.9 Å². The van der Waals surface area contributed by atoms with E-state index in [2.05, 4.69) is 0 Å². The molecule has 0 aliphatic heterocycles. The van der Waals surface area contributed by atoms with Crippen LogP contribution in [0.1, 0.15) is 12.0 Å². The van der Waals surface area contributed by atoms with E-state index in [0.717, 1.165) is 5.56 Å². The van der Waals surface area contributed by atoms with Gasteiger partial charge in [-0.25, -0.2) is 0 Å². The molecule has 1 aromatic rings. The third kappa shape index (κ3) is 3.46. The highest BCUT2D eigenvalue weighted by molar-refractivity contribution is 6.35. The summed E-state index contributed by atoms with van der Waals surface area (Å²) >= 11 is 11.7. The van der Waals surface area contributed by atoms with E-state index >= 15 is 0 Å². The molecule has 0 aliphatic carbocycles. The number of hydrogen-bond donors (Lipinski definition) is 2. The summed E-state index contributed by atoms with van der Waals surface area (Å²) in [5, 5.41) is 9.94. The first-order valence-corrected chi connectivity index (χ1v) is 5.19. The first-order chi connectivity index (χ1) is 6.63. The van der Waals surface area contributed by atoms with E-state index in [9.17, 15) is 0 Å². The average molecular weight is 234 g/mol. The van der Waals surface area contributed by atoms with Crippen molar-refractivity contribution in [3.05, 3.63) is 33.8 Å². The standard InChI is InChI=1S/C10H13Cl2NO/c11-8-2-1-7(10(12)6-8)5-9(13)3-4-14/h1-2,6,9,14H,3-5,13H2. The van der Waals surface area contributed by atoms with Crippen molar-refractivity contribution in [2.45, 2.75) is 18.9 Å². The molecule has 0 saturated carbocycles. The fourth-order valence-electron chi connectivity index (χ4n) is 1.24. The van der Waals surface area contributed by atoms with Crippen molar-refractivity contribution in [1.82, 2.24) is 0 Å². The molecule has 0 spiro atoms. The van der Waals surface area contributed by atoms with Gasteiger partial charge < -0.3 is 10.8 Å². The molecule has 0 fully saturated rings. The molecule has 2 nitrogen and oxygen atoms in total. The van der Waals surface area contributed by atoms with Crippen LogP contribution in [0.3, 0.4) is 0 Å². The Labute approximate surface area is 93.6 Å². The Morgan fingerprint density at radius 3 is 2.64 bits per heavy atom. The van der Waals surface area contributed by atoms with Crippen molar-refractivity contribution < 1.29 is 5.11 Å². The van der Waals surface area contributed by atoms with Crippen LogP contribution in [0.15, 0.2) is 18.2 Å². The third-order valence-corrected chi connectivity index (χ3v) is 2.58. The lowest BCUT2D eigenvalue weighted by Crippen LogP contribution is -2.24. The molecule has 1 rings (SSSR count). The van der Waals surface area contributed by atoms with Crippen LogP contribution < -0.4 is 5.73 Å². The van der Waals surface area contributed by atoms with Crippen LogP contribution in [-0.4, -0.2) is 17.8 Å². The molecule has 0 aliphatic rings. The van der Waals surface area contributed by atoms with Gasteiger partial charge in [0.05, 0.1) is 0 Å². The Kier molecular flexibility index (Phi) is 4.69. The van der Waals surface area contributed by atoms with Gasteiger partial charge >= 0.3 is 0 Å². The van der Waals surface area contributed by atoms with E-state index in [1.54, 1.807) is 12.1 Å². The minimum absolute atomic E-state index is 0.0568. The van der Waals surface area contributed by atoms with Crippen molar-refractivity contribution in [3.8, 4) is 0 Å². The molecular weight excluding hydrogens is 221 g/mol. The molecule has 4 heteroatoms. The van der Waals surface area contributed by atoms with Crippen LogP contribution in [0.2, 0.25) is 10.0 Å². The second-order valence-corrected chi connectivity index (χ2v) is 4.06. The monoisotopic (exact) mass is 233 g/mol. The lowest BCUT2D eigenvalue weighted by atomic mass is 10.0. The van der Waals surface area contributed by atoms with Gasteiger partial charge in [-0.15, -0.1) is 0 Å². The second kappa shape index (κ2) is 5.56. The zero-order valence-corrected chi connectivity index (χ0v) is 9.22. The molecule has 78 valence electrons. The lowest BCUT2D eigenvalue weighted by molar-refractivity contribution is 0.275. The summed E-state index contributed by atoms with van der Waals surface area (Å²) in [6.45, 7) is 0.104. The number of halogens is 2. The predicted molar refractivity (Wildman–Crippen MR) is 59.8 cm³/mol. The van der Waals surface area contributed by atoms with Crippen LogP contribution in [0, 0.1) is 0 Å². The highest BCUT2D eigenvalue weighted by Crippen LogP contribution is 2.22. The smallest absolute Gasteiger partial charge is 0.0453 e. The normalized spacial score (nSPS) is 12.9. The molecule has 3 N–H and O–H groups in total. The third-order valence-electron chi connectivity index (χ3n) is 2.00. The van der Waals surface area contributed by atoms with E-state index in [-0.39, 0.29) is 12.6 Å². The number of hydrogen-bond acceptors (Lipinski definition) is 2. The number of benzene rings is 1. The summed E-state index contributed by atoms with van der Waals surface area (Å²) in [4.78, 5) is 0. The highest BCUT2D eigenvalue weighted by atomic mass is 35.5. The van der Waals surface area contributed by atoms with Crippen LogP contribution in [-0.2, 0) is 6.42 Å². The molecular formula is C10H13Cl2NO. The molecule has 0 bridgehead atoms. The Morgan fingerprint density at radius 2 is 2.07 bits per heavy atom. The van der Waals surface area contributed by atoms with E-state index in [1.807, 2.05) is 6.07 Å². The van der Waals surface area contributed by atoms with Gasteiger partial charge in [0.2, 0.25) is 0 Å². The van der Waals surface area contributed by atoms with Crippen molar-refractivity contribution in [2.24, 2.45) is 5.73 Å². The van der Waals surface area contributed by atoms with Gasteiger partial charge in [-0.1, -0.05) is 29.3 Å². The number of rotatable bonds is 4. The largest absolute Gasteiger partial charge is 0.396 e. The van der Waals surface area contributed by atoms with Gasteiger partial charge in [0, 0.05) is 22.7 Å². The molecule has 0 amide bonds. The summed E-state index contributed by atoms with van der Waals surface area (Å²) in [5.74, 6) is 0. The Bertz CT molecular complexity index is 304. The molecule has 0 heterocycles. The highest BCUT2D eigenvalue weighted by Gasteiger charge is 2.06. The van der Waals surface area contributed by atoms with Crippen LogP contribution in [0.5, 0.6) is 0 Å². The summed E-state index contributed by atoms with van der Waals surface area (Å²) in [7, 11) is 0. The second-order valence-electron chi connectivity index (χ2n) is 3.21. The molecule has 14 heavy (non-hydrogen) atoms. The molecule has 1 atom stereocenters. The van der Waals surface area contributed by atoms with Crippen LogP contribution >= 0.6 is 23.2 Å². The molecule has 1 aromatic carbocycles. The van der Waals surface area contributed by atoms with E-state index < -0.39 is 0 Å². The van der Waals surface area contributed by atoms with Gasteiger partial charge in [-0.05, 0) is 30.5 Å². The Hall–Kier alpha value is -0.280. The summed E-state index contributed by atoms with van der Waals surface area (Å²) in [5.41, 5.74) is 6.74. The quantitative estimate of drug-likeness (QED) is 0.839. The number of aliphatic hydroxyl groups is 1. The Balaban J connectivity index is 2.67. The maximum atomic E-state index is 8.69. The van der Waals surface area contributed by atoms with Crippen molar-refractivity contribution in [2.75, 3.05) is 6.61 Å². The number of aliphatic hydroxyl groups excluding tert-OH is 1. The molecule has 1 unspecified atom stereocenters. The SMILES string of the molecule is NC(CCO)Cc1ccc(Cl)cc1Cl. The van der Waals surface area contributed by atoms with Crippen molar-refractivity contribution in [1.29, 1.82) is 0 Å². The van der Waals surface area contributed by atoms with Gasteiger partial charge in [0.25, 0.3) is 0 Å². The van der Waals surface area contributed by atoms with Crippen LogP contribution in [0.25, 0.3) is 0 Å². The molecule has 0 saturated heterocycles. The fraction of sp³-hybridized carbons (Fsp3) is 0.400. The van der Waals surface area contributed by atoms with E-state index in [4.69, 9.17) is 34.0 Å². The topological polar surface area (TPSA) is 46.2 Å². The molecule has 0 radical (unpaired) electrons. The van der Waals surface area contributed by atoms with Gasteiger partial charge in [0.15, 0.2) is 0 Å². The summed E-state index contributed by atoms with van der Waals surface area (Å²) in [6.07, 6.45) is 1.25. The van der Waals surface area contributed by atoms with Crippen molar-refractivity contribution in [3.63, 3.8) is 0 Å². The zero-order valence-electron chi connectivity index (χ0n) is 7.71. The average Bonchev–Trinajstić information content (AvgIpc) is 2.10. The maximum absolute atomic E-state index is 8.69. The predicted octanol–water partition coefficient (Wildman–Crippen LogP) is 2.25. The maximum Gasteiger partial charge on any atom is 0.0453 e. The van der Waals surface area contributed by atoms with Gasteiger partial charge in [0.1, 0.15) is 0 Å². The first-order valence-electron chi connectivity index (χ1n) is 4.44. The summed E-state index contributed by atoms with van der Waals surface area (Å²) < 4.78 is 0. The zero-order chi connectivity index (χ0) is 10.6. The van der Waals surface area contributed by atoms with Gasteiger partial charge in [-0.3, -0.25) is 0 Å². The van der Waals surface area contributed by atoms with Crippen molar-refractivity contribution >= 4 is 23.2 Å². The number of nitrogens with two attached hydrogens (primary N) is 1. The van der Waals surface area contributed by atoms with Crippen LogP contribution in [0.4, 0.5) is 0 Å². The minimum Gasteiger partial charge on any atom is -0.396 e.